The molecular weight excluding hydrogens is 354 g/mol. The second-order valence-electron chi connectivity index (χ2n) is 8.44. The van der Waals surface area contributed by atoms with Gasteiger partial charge in [-0.25, -0.2) is 0 Å². The monoisotopic (exact) mass is 383 g/mol. The zero-order valence-corrected chi connectivity index (χ0v) is 16.9. The summed E-state index contributed by atoms with van der Waals surface area (Å²) in [5.41, 5.74) is 4.00. The molecule has 28 heavy (non-hydrogen) atoms. The highest BCUT2D eigenvalue weighted by Crippen LogP contribution is 2.32. The third kappa shape index (κ3) is 3.71. The number of likely N-dealkylation sites (tertiary alicyclic amines) is 1. The largest absolute Gasteiger partial charge is 0.389 e. The van der Waals surface area contributed by atoms with Crippen LogP contribution in [0.15, 0.2) is 24.3 Å². The average molecular weight is 383 g/mol. The number of aliphatic hydroxyl groups is 1. The number of benzene rings is 1. The first kappa shape index (κ1) is 19.2. The molecule has 2 atom stereocenters. The number of nitrogens with one attached hydrogen (secondary N) is 1. The summed E-state index contributed by atoms with van der Waals surface area (Å²) in [7, 11) is 0. The molecule has 150 valence electrons. The van der Waals surface area contributed by atoms with E-state index in [0.717, 1.165) is 16.8 Å². The first-order chi connectivity index (χ1) is 13.3. The van der Waals surface area contributed by atoms with E-state index in [1.165, 1.54) is 5.56 Å². The van der Waals surface area contributed by atoms with Gasteiger partial charge in [-0.05, 0) is 39.2 Å². The summed E-state index contributed by atoms with van der Waals surface area (Å²) < 4.78 is 5.81. The van der Waals surface area contributed by atoms with Crippen molar-refractivity contribution in [1.82, 2.24) is 15.1 Å². The molecule has 4 rings (SSSR count). The van der Waals surface area contributed by atoms with Crippen molar-refractivity contribution >= 4 is 5.91 Å². The number of carbonyl (C=O) groups is 1. The van der Waals surface area contributed by atoms with Crippen molar-refractivity contribution in [3.05, 3.63) is 52.3 Å². The number of fused-ring (bicyclic) bond motifs is 1. The summed E-state index contributed by atoms with van der Waals surface area (Å²) in [6.07, 6.45) is 2.48. The molecule has 0 spiro atoms. The van der Waals surface area contributed by atoms with Crippen LogP contribution in [-0.4, -0.2) is 50.9 Å². The zero-order chi connectivity index (χ0) is 19.9. The first-order valence-corrected chi connectivity index (χ1v) is 10.1. The molecule has 2 aromatic rings. The Balaban J connectivity index is 1.43. The molecule has 2 aliphatic rings. The lowest BCUT2D eigenvalue weighted by Gasteiger charge is -2.38. The molecule has 3 heterocycles. The van der Waals surface area contributed by atoms with Crippen molar-refractivity contribution in [2.45, 2.75) is 64.3 Å². The Morgan fingerprint density at radius 3 is 2.64 bits per heavy atom. The van der Waals surface area contributed by atoms with E-state index in [0.29, 0.717) is 44.5 Å². The molecule has 0 radical (unpaired) electrons. The van der Waals surface area contributed by atoms with Crippen LogP contribution >= 0.6 is 0 Å². The molecule has 1 saturated heterocycles. The van der Waals surface area contributed by atoms with Crippen molar-refractivity contribution in [2.75, 3.05) is 13.1 Å². The van der Waals surface area contributed by atoms with Crippen LogP contribution in [0.2, 0.25) is 0 Å². The van der Waals surface area contributed by atoms with E-state index >= 15 is 0 Å². The number of H-pyrrole nitrogens is 1. The Labute approximate surface area is 165 Å². The number of rotatable bonds is 3. The van der Waals surface area contributed by atoms with E-state index in [1.807, 2.05) is 18.7 Å². The lowest BCUT2D eigenvalue weighted by atomic mass is 9.85. The maximum absolute atomic E-state index is 13.1. The van der Waals surface area contributed by atoms with E-state index < -0.39 is 5.60 Å². The number of aryl methyl sites for hydroxylation is 1. The highest BCUT2D eigenvalue weighted by molar-refractivity contribution is 5.94. The van der Waals surface area contributed by atoms with Crippen molar-refractivity contribution in [3.8, 4) is 0 Å². The Bertz CT molecular complexity index is 850. The summed E-state index contributed by atoms with van der Waals surface area (Å²) in [5, 5.41) is 18.3. The molecule has 6 nitrogen and oxygen atoms in total. The van der Waals surface area contributed by atoms with Crippen LogP contribution < -0.4 is 0 Å². The van der Waals surface area contributed by atoms with E-state index in [4.69, 9.17) is 4.74 Å². The van der Waals surface area contributed by atoms with Crippen LogP contribution in [0.5, 0.6) is 0 Å². The predicted molar refractivity (Wildman–Crippen MR) is 106 cm³/mol. The molecule has 1 fully saturated rings. The molecule has 2 aliphatic heterocycles. The molecule has 1 aromatic carbocycles. The second-order valence-corrected chi connectivity index (χ2v) is 8.44. The van der Waals surface area contributed by atoms with Crippen LogP contribution in [0, 0.1) is 6.92 Å². The minimum atomic E-state index is -0.756. The molecule has 6 heteroatoms. The van der Waals surface area contributed by atoms with Crippen LogP contribution in [0.3, 0.4) is 0 Å². The molecule has 1 amide bonds. The molecule has 0 bridgehead atoms. The molecule has 1 aromatic heterocycles. The summed E-state index contributed by atoms with van der Waals surface area (Å²) in [6, 6.07) is 8.30. The number of ether oxygens (including phenoxy) is 1. The van der Waals surface area contributed by atoms with Gasteiger partial charge in [0.1, 0.15) is 0 Å². The van der Waals surface area contributed by atoms with E-state index in [-0.39, 0.29) is 18.1 Å². The molecular formula is C22H29N3O3. The summed E-state index contributed by atoms with van der Waals surface area (Å²) >= 11 is 0. The minimum absolute atomic E-state index is 0.0452. The van der Waals surface area contributed by atoms with Gasteiger partial charge in [0, 0.05) is 31.5 Å². The number of aromatic nitrogens is 2. The lowest BCUT2D eigenvalue weighted by molar-refractivity contribution is -0.0165. The predicted octanol–water partition coefficient (Wildman–Crippen LogP) is 2.95. The average Bonchev–Trinajstić information content (AvgIpc) is 3.08. The van der Waals surface area contributed by atoms with Crippen molar-refractivity contribution in [3.63, 3.8) is 0 Å². The van der Waals surface area contributed by atoms with Crippen molar-refractivity contribution in [2.24, 2.45) is 0 Å². The van der Waals surface area contributed by atoms with Crippen LogP contribution in [0.1, 0.15) is 65.7 Å². The van der Waals surface area contributed by atoms with Gasteiger partial charge in [0.05, 0.1) is 23.5 Å². The Kier molecular flexibility index (Phi) is 5.02. The number of aromatic amines is 1. The Morgan fingerprint density at radius 1 is 1.29 bits per heavy atom. The highest BCUT2D eigenvalue weighted by atomic mass is 16.5. The summed E-state index contributed by atoms with van der Waals surface area (Å²) in [5.74, 6) is -0.0452. The minimum Gasteiger partial charge on any atom is -0.389 e. The van der Waals surface area contributed by atoms with Gasteiger partial charge in [0.15, 0.2) is 5.69 Å². The lowest BCUT2D eigenvalue weighted by Crippen LogP contribution is -2.48. The van der Waals surface area contributed by atoms with Gasteiger partial charge < -0.3 is 14.7 Å². The number of nitrogens with zero attached hydrogens (tertiary/aromatic N) is 2. The smallest absolute Gasteiger partial charge is 0.274 e. The van der Waals surface area contributed by atoms with Crippen molar-refractivity contribution < 1.29 is 14.6 Å². The molecule has 0 saturated carbocycles. The second kappa shape index (κ2) is 7.33. The fourth-order valence-corrected chi connectivity index (χ4v) is 4.39. The molecule has 0 unspecified atom stereocenters. The molecule has 0 aliphatic carbocycles. The number of amides is 1. The van der Waals surface area contributed by atoms with Gasteiger partial charge in [0.2, 0.25) is 0 Å². The van der Waals surface area contributed by atoms with Gasteiger partial charge >= 0.3 is 0 Å². The van der Waals surface area contributed by atoms with Gasteiger partial charge in [0.25, 0.3) is 5.91 Å². The first-order valence-electron chi connectivity index (χ1n) is 10.1. The van der Waals surface area contributed by atoms with E-state index in [2.05, 4.69) is 41.4 Å². The van der Waals surface area contributed by atoms with Crippen LogP contribution in [0.25, 0.3) is 0 Å². The number of piperidine rings is 1. The van der Waals surface area contributed by atoms with Crippen LogP contribution in [-0.2, 0) is 17.6 Å². The fourth-order valence-electron chi connectivity index (χ4n) is 4.39. The topological polar surface area (TPSA) is 78.5 Å². The summed E-state index contributed by atoms with van der Waals surface area (Å²) in [4.78, 5) is 14.9. The van der Waals surface area contributed by atoms with E-state index in [1.54, 1.807) is 0 Å². The van der Waals surface area contributed by atoms with Crippen molar-refractivity contribution in [1.29, 1.82) is 0 Å². The SMILES string of the molecule is Cc1ccc(CC2(O)CCN(C(=O)c3n[nH]c4c3C[C@@H](C)O[C@H]4C)CC2)cc1. The van der Waals surface area contributed by atoms with E-state index in [9.17, 15) is 9.90 Å². The standard InChI is InChI=1S/C22H29N3O3/c1-14-4-6-17(7-5-14)13-22(27)8-10-25(11-9-22)21(26)20-18-12-15(2)28-16(3)19(18)23-24-20/h4-7,15-16,27H,8-13H2,1-3H3,(H,23,24)/t15-,16+/m1/s1. The Morgan fingerprint density at radius 2 is 1.96 bits per heavy atom. The summed E-state index contributed by atoms with van der Waals surface area (Å²) in [6.45, 7) is 7.15. The third-order valence-electron chi connectivity index (χ3n) is 6.07. The third-order valence-corrected chi connectivity index (χ3v) is 6.07. The quantitative estimate of drug-likeness (QED) is 0.854. The normalized spacial score (nSPS) is 24.1. The molecule has 2 N–H and O–H groups in total. The van der Waals surface area contributed by atoms with Gasteiger partial charge in [-0.1, -0.05) is 29.8 Å². The number of carbonyl (C=O) groups excluding carboxylic acids is 1. The van der Waals surface area contributed by atoms with Gasteiger partial charge in [-0.3, -0.25) is 9.89 Å². The number of hydrogen-bond donors (Lipinski definition) is 2. The number of hydrogen-bond acceptors (Lipinski definition) is 4. The van der Waals surface area contributed by atoms with Crippen LogP contribution in [0.4, 0.5) is 0 Å². The zero-order valence-electron chi connectivity index (χ0n) is 16.9. The fraction of sp³-hybridized carbons (Fsp3) is 0.545. The maximum Gasteiger partial charge on any atom is 0.274 e. The Hall–Kier alpha value is -2.18. The van der Waals surface area contributed by atoms with Gasteiger partial charge in [-0.15, -0.1) is 0 Å². The maximum atomic E-state index is 13.1. The highest BCUT2D eigenvalue weighted by Gasteiger charge is 2.37. The van der Waals surface area contributed by atoms with Gasteiger partial charge in [-0.2, -0.15) is 5.10 Å².